The molecule has 2 rings (SSSR count). The normalized spacial score (nSPS) is 10.4. The fourth-order valence-electron chi connectivity index (χ4n) is 1.46. The van der Waals surface area contributed by atoms with Crippen molar-refractivity contribution in [1.29, 1.82) is 5.26 Å². The van der Waals surface area contributed by atoms with E-state index < -0.39 is 6.43 Å². The number of nitrogens with zero attached hydrogens (tertiary/aromatic N) is 3. The second-order valence-electron chi connectivity index (χ2n) is 3.40. The van der Waals surface area contributed by atoms with Crippen LogP contribution in [0.3, 0.4) is 0 Å². The average molecular weight is 266 g/mol. The van der Waals surface area contributed by atoms with Gasteiger partial charge in [0.25, 0.3) is 6.43 Å². The van der Waals surface area contributed by atoms with Gasteiger partial charge in [-0.05, 0) is 0 Å². The van der Waals surface area contributed by atoms with Gasteiger partial charge < -0.3 is 0 Å². The Morgan fingerprint density at radius 1 is 1.28 bits per heavy atom. The quantitative estimate of drug-likeness (QED) is 0.780. The van der Waals surface area contributed by atoms with Crippen molar-refractivity contribution in [1.82, 2.24) is 9.97 Å². The second kappa shape index (κ2) is 5.07. The summed E-state index contributed by atoms with van der Waals surface area (Å²) in [6.07, 6.45) is -1.41. The molecule has 0 radical (unpaired) electrons. The molecule has 1 aromatic heterocycles. The fourth-order valence-corrected chi connectivity index (χ4v) is 1.63. The smallest absolute Gasteiger partial charge is 0.235 e. The topological polar surface area (TPSA) is 49.6 Å². The summed E-state index contributed by atoms with van der Waals surface area (Å²) in [6, 6.07) is 7.71. The third kappa shape index (κ3) is 2.29. The van der Waals surface area contributed by atoms with Gasteiger partial charge in [-0.1, -0.05) is 35.9 Å². The molecule has 3 nitrogen and oxygen atoms in total. The molecular weight excluding hydrogens is 260 g/mol. The Morgan fingerprint density at radius 3 is 2.61 bits per heavy atom. The van der Waals surface area contributed by atoms with E-state index in [-0.39, 0.29) is 27.7 Å². The van der Waals surface area contributed by atoms with Gasteiger partial charge in [0.15, 0.2) is 11.0 Å². The Balaban J connectivity index is 2.56. The Kier molecular flexibility index (Phi) is 3.49. The Morgan fingerprint density at radius 2 is 2.00 bits per heavy atom. The Bertz CT molecular complexity index is 623. The lowest BCUT2D eigenvalue weighted by Gasteiger charge is -2.07. The monoisotopic (exact) mass is 265 g/mol. The number of alkyl halides is 2. The van der Waals surface area contributed by atoms with Crippen molar-refractivity contribution in [3.63, 3.8) is 0 Å². The average Bonchev–Trinajstić information content (AvgIpc) is 2.38. The van der Waals surface area contributed by atoms with Gasteiger partial charge in [-0.25, -0.2) is 18.7 Å². The zero-order valence-electron chi connectivity index (χ0n) is 8.94. The summed E-state index contributed by atoms with van der Waals surface area (Å²) in [5, 5.41) is 8.64. The lowest BCUT2D eigenvalue weighted by atomic mass is 10.1. The van der Waals surface area contributed by atoms with Crippen LogP contribution in [0.25, 0.3) is 11.4 Å². The van der Waals surface area contributed by atoms with E-state index in [9.17, 15) is 8.78 Å². The van der Waals surface area contributed by atoms with E-state index in [1.807, 2.05) is 0 Å². The van der Waals surface area contributed by atoms with Crippen LogP contribution in [0.2, 0.25) is 5.15 Å². The van der Waals surface area contributed by atoms with Crippen LogP contribution in [0.4, 0.5) is 8.78 Å². The minimum Gasteiger partial charge on any atom is -0.235 e. The van der Waals surface area contributed by atoms with Crippen molar-refractivity contribution < 1.29 is 8.78 Å². The predicted octanol–water partition coefficient (Wildman–Crippen LogP) is 3.61. The van der Waals surface area contributed by atoms with Gasteiger partial charge in [-0.3, -0.25) is 0 Å². The van der Waals surface area contributed by atoms with Crippen molar-refractivity contribution in [2.75, 3.05) is 0 Å². The van der Waals surface area contributed by atoms with Gasteiger partial charge in [0.05, 0.1) is 6.20 Å². The van der Waals surface area contributed by atoms with Crippen LogP contribution in [-0.2, 0) is 0 Å². The molecule has 0 amide bonds. The third-order valence-corrected chi connectivity index (χ3v) is 2.59. The molecule has 0 aliphatic rings. The van der Waals surface area contributed by atoms with E-state index >= 15 is 0 Å². The molecule has 0 atom stereocenters. The van der Waals surface area contributed by atoms with Crippen molar-refractivity contribution in [3.8, 4) is 17.5 Å². The first-order chi connectivity index (χ1) is 8.63. The van der Waals surface area contributed by atoms with Gasteiger partial charge >= 0.3 is 0 Å². The maximum Gasteiger partial charge on any atom is 0.264 e. The van der Waals surface area contributed by atoms with Crippen LogP contribution in [-0.4, -0.2) is 9.97 Å². The minimum absolute atomic E-state index is 0.0495. The molecule has 1 aromatic carbocycles. The van der Waals surface area contributed by atoms with Crippen LogP contribution in [0, 0.1) is 11.3 Å². The molecule has 0 saturated heterocycles. The molecule has 90 valence electrons. The molecule has 0 fully saturated rings. The highest BCUT2D eigenvalue weighted by Gasteiger charge is 2.16. The molecule has 6 heteroatoms. The number of rotatable bonds is 2. The molecule has 0 saturated carbocycles. The molecule has 18 heavy (non-hydrogen) atoms. The summed E-state index contributed by atoms with van der Waals surface area (Å²) in [5.41, 5.74) is 0.145. The summed E-state index contributed by atoms with van der Waals surface area (Å²) >= 11 is 5.75. The van der Waals surface area contributed by atoms with Crippen molar-refractivity contribution in [2.45, 2.75) is 6.43 Å². The summed E-state index contributed by atoms with van der Waals surface area (Å²) in [6.45, 7) is 0. The highest BCUT2D eigenvalue weighted by Crippen LogP contribution is 2.29. The van der Waals surface area contributed by atoms with E-state index in [1.54, 1.807) is 12.1 Å². The standard InChI is InChI=1S/C12H6ClF2N3/c13-10-7(5-16)6-17-12(18-10)9-4-2-1-3-8(9)11(14)15/h1-4,6,11H. The van der Waals surface area contributed by atoms with Crippen LogP contribution in [0.1, 0.15) is 17.6 Å². The largest absolute Gasteiger partial charge is 0.264 e. The van der Waals surface area contributed by atoms with Gasteiger partial charge in [0.2, 0.25) is 0 Å². The Hall–Kier alpha value is -2.06. The van der Waals surface area contributed by atoms with Gasteiger partial charge in [-0.15, -0.1) is 0 Å². The molecule has 0 unspecified atom stereocenters. The SMILES string of the molecule is N#Cc1cnc(-c2ccccc2C(F)F)nc1Cl. The number of nitriles is 1. The lowest BCUT2D eigenvalue weighted by molar-refractivity contribution is 0.152. The van der Waals surface area contributed by atoms with Gasteiger partial charge in [0, 0.05) is 11.1 Å². The van der Waals surface area contributed by atoms with Crippen LogP contribution in [0.15, 0.2) is 30.5 Å². The van der Waals surface area contributed by atoms with Crippen LogP contribution in [0.5, 0.6) is 0 Å². The molecule has 0 bridgehead atoms. The first-order valence-electron chi connectivity index (χ1n) is 4.93. The summed E-state index contributed by atoms with van der Waals surface area (Å²) in [7, 11) is 0. The molecule has 0 aliphatic carbocycles. The van der Waals surface area contributed by atoms with E-state index in [1.165, 1.54) is 24.4 Å². The van der Waals surface area contributed by atoms with Crippen LogP contribution < -0.4 is 0 Å². The van der Waals surface area contributed by atoms with E-state index in [4.69, 9.17) is 16.9 Å². The number of aromatic nitrogens is 2. The first kappa shape index (κ1) is 12.4. The lowest BCUT2D eigenvalue weighted by Crippen LogP contribution is -1.96. The minimum atomic E-state index is -2.63. The van der Waals surface area contributed by atoms with Crippen molar-refractivity contribution in [2.24, 2.45) is 0 Å². The van der Waals surface area contributed by atoms with Gasteiger partial charge in [0.1, 0.15) is 11.6 Å². The van der Waals surface area contributed by atoms with E-state index in [0.717, 1.165) is 0 Å². The predicted molar refractivity (Wildman–Crippen MR) is 62.2 cm³/mol. The highest BCUT2D eigenvalue weighted by atomic mass is 35.5. The fraction of sp³-hybridized carbons (Fsp3) is 0.0833. The molecule has 2 aromatic rings. The number of benzene rings is 1. The van der Waals surface area contributed by atoms with Crippen molar-refractivity contribution >= 4 is 11.6 Å². The molecule has 0 N–H and O–H groups in total. The molecule has 0 aliphatic heterocycles. The third-order valence-electron chi connectivity index (χ3n) is 2.30. The first-order valence-corrected chi connectivity index (χ1v) is 5.31. The number of halogens is 3. The second-order valence-corrected chi connectivity index (χ2v) is 3.76. The van der Waals surface area contributed by atoms with E-state index in [2.05, 4.69) is 9.97 Å². The summed E-state index contributed by atoms with van der Waals surface area (Å²) in [5.74, 6) is 0.0786. The van der Waals surface area contributed by atoms with E-state index in [0.29, 0.717) is 0 Å². The highest BCUT2D eigenvalue weighted by molar-refractivity contribution is 6.30. The molecule has 0 spiro atoms. The zero-order valence-corrected chi connectivity index (χ0v) is 9.70. The maximum atomic E-state index is 12.8. The van der Waals surface area contributed by atoms with Gasteiger partial charge in [-0.2, -0.15) is 5.26 Å². The van der Waals surface area contributed by atoms with Crippen LogP contribution >= 0.6 is 11.6 Å². The number of hydrogen-bond donors (Lipinski definition) is 0. The molecule has 1 heterocycles. The maximum absolute atomic E-state index is 12.8. The number of hydrogen-bond acceptors (Lipinski definition) is 3. The van der Waals surface area contributed by atoms with Crippen molar-refractivity contribution in [3.05, 3.63) is 46.7 Å². The summed E-state index contributed by atoms with van der Waals surface area (Å²) in [4.78, 5) is 7.73. The Labute approximate surface area is 107 Å². The molecular formula is C12H6ClF2N3. The summed E-state index contributed by atoms with van der Waals surface area (Å²) < 4.78 is 25.6. The zero-order chi connectivity index (χ0) is 13.1.